The molecule has 0 aromatic heterocycles. The van der Waals surface area contributed by atoms with Gasteiger partial charge in [-0.15, -0.1) is 0 Å². The fourth-order valence-electron chi connectivity index (χ4n) is 2.19. The van der Waals surface area contributed by atoms with Gasteiger partial charge in [-0.2, -0.15) is 5.26 Å². The number of benzene rings is 2. The fourth-order valence-corrected chi connectivity index (χ4v) is 3.51. The molecule has 0 saturated carbocycles. The molecule has 0 aliphatic rings. The van der Waals surface area contributed by atoms with Crippen molar-refractivity contribution in [2.45, 2.75) is 6.92 Å². The Bertz CT molecular complexity index is 889. The number of nitriles is 1. The van der Waals surface area contributed by atoms with E-state index in [1.54, 1.807) is 19.2 Å². The summed E-state index contributed by atoms with van der Waals surface area (Å²) in [5, 5.41) is 12.1. The van der Waals surface area contributed by atoms with Crippen molar-refractivity contribution in [2.75, 3.05) is 19.0 Å². The molecule has 26 heavy (non-hydrogen) atoms. The van der Waals surface area contributed by atoms with Crippen molar-refractivity contribution in [3.63, 3.8) is 0 Å². The lowest BCUT2D eigenvalue weighted by Crippen LogP contribution is -2.13. The smallest absolute Gasteiger partial charge is 0.266 e. The summed E-state index contributed by atoms with van der Waals surface area (Å²) in [5.74, 6) is 0.743. The molecular formula is C19H16I2N2O3. The van der Waals surface area contributed by atoms with Gasteiger partial charge in [0, 0.05) is 9.26 Å². The van der Waals surface area contributed by atoms with E-state index < -0.39 is 5.91 Å². The lowest BCUT2D eigenvalue weighted by Gasteiger charge is -2.12. The minimum Gasteiger partial charge on any atom is -0.493 e. The minimum absolute atomic E-state index is 0.00544. The van der Waals surface area contributed by atoms with Crippen molar-refractivity contribution in [3.8, 4) is 17.6 Å². The number of rotatable bonds is 6. The Labute approximate surface area is 179 Å². The highest BCUT2D eigenvalue weighted by molar-refractivity contribution is 14.1. The molecule has 7 heteroatoms. The van der Waals surface area contributed by atoms with E-state index in [2.05, 4.69) is 50.5 Å². The Morgan fingerprint density at radius 2 is 2.08 bits per heavy atom. The highest BCUT2D eigenvalue weighted by atomic mass is 127. The standard InChI is InChI=1S/C19H16I2N2O3/c1-3-26-18-16(21)8-12(9-17(18)25-2)7-13(11-22)19(24)23-15-6-4-5-14(20)10-15/h4-10H,3H2,1-2H3,(H,23,24)/b13-7+. The van der Waals surface area contributed by atoms with Gasteiger partial charge in [0.05, 0.1) is 17.3 Å². The number of carbonyl (C=O) groups is 1. The second-order valence-electron chi connectivity index (χ2n) is 5.10. The number of hydrogen-bond donors (Lipinski definition) is 1. The van der Waals surface area contributed by atoms with Crippen LogP contribution in [0.3, 0.4) is 0 Å². The maximum atomic E-state index is 12.4. The monoisotopic (exact) mass is 574 g/mol. The third kappa shape index (κ3) is 5.35. The maximum absolute atomic E-state index is 12.4. The molecule has 1 N–H and O–H groups in total. The molecule has 5 nitrogen and oxygen atoms in total. The number of anilines is 1. The van der Waals surface area contributed by atoms with Gasteiger partial charge in [-0.1, -0.05) is 6.07 Å². The zero-order chi connectivity index (χ0) is 19.1. The van der Waals surface area contributed by atoms with Crippen LogP contribution in [0.2, 0.25) is 0 Å². The number of hydrogen-bond acceptors (Lipinski definition) is 4. The Balaban J connectivity index is 2.32. The van der Waals surface area contributed by atoms with Crippen LogP contribution < -0.4 is 14.8 Å². The van der Waals surface area contributed by atoms with Crippen LogP contribution in [0, 0.1) is 18.5 Å². The van der Waals surface area contributed by atoms with Crippen LogP contribution in [0.4, 0.5) is 5.69 Å². The average Bonchev–Trinajstić information content (AvgIpc) is 2.61. The van der Waals surface area contributed by atoms with E-state index in [0.29, 0.717) is 29.4 Å². The molecule has 0 heterocycles. The van der Waals surface area contributed by atoms with Crippen molar-refractivity contribution < 1.29 is 14.3 Å². The second-order valence-corrected chi connectivity index (χ2v) is 7.51. The molecule has 0 aliphatic carbocycles. The first kappa shape index (κ1) is 20.5. The summed E-state index contributed by atoms with van der Waals surface area (Å²) in [4.78, 5) is 12.4. The molecule has 2 rings (SSSR count). The molecule has 0 atom stereocenters. The lowest BCUT2D eigenvalue weighted by atomic mass is 10.1. The summed E-state index contributed by atoms with van der Waals surface area (Å²) >= 11 is 4.30. The number of nitrogens with zero attached hydrogens (tertiary/aromatic N) is 1. The normalized spacial score (nSPS) is 10.8. The first-order chi connectivity index (χ1) is 12.5. The summed E-state index contributed by atoms with van der Waals surface area (Å²) in [6.07, 6.45) is 1.53. The molecule has 0 aliphatic heterocycles. The van der Waals surface area contributed by atoms with Crippen LogP contribution in [0.25, 0.3) is 6.08 Å². The SMILES string of the molecule is CCOc1c(I)cc(/C=C(\C#N)C(=O)Nc2cccc(I)c2)cc1OC. The van der Waals surface area contributed by atoms with E-state index in [9.17, 15) is 10.1 Å². The van der Waals surface area contributed by atoms with Gasteiger partial charge in [-0.05, 0) is 94.1 Å². The van der Waals surface area contributed by atoms with Crippen LogP contribution >= 0.6 is 45.2 Å². The van der Waals surface area contributed by atoms with Crippen LogP contribution in [0.1, 0.15) is 12.5 Å². The number of methoxy groups -OCH3 is 1. The first-order valence-corrected chi connectivity index (χ1v) is 9.83. The van der Waals surface area contributed by atoms with Gasteiger partial charge < -0.3 is 14.8 Å². The van der Waals surface area contributed by atoms with Crippen molar-refractivity contribution >= 4 is 62.9 Å². The highest BCUT2D eigenvalue weighted by Crippen LogP contribution is 2.34. The van der Waals surface area contributed by atoms with E-state index in [1.807, 2.05) is 37.3 Å². The molecule has 134 valence electrons. The van der Waals surface area contributed by atoms with Gasteiger partial charge in [-0.3, -0.25) is 4.79 Å². The van der Waals surface area contributed by atoms with Gasteiger partial charge >= 0.3 is 0 Å². The van der Waals surface area contributed by atoms with Crippen LogP contribution in [-0.4, -0.2) is 19.6 Å². The van der Waals surface area contributed by atoms with Crippen LogP contribution in [0.15, 0.2) is 42.0 Å². The summed E-state index contributed by atoms with van der Waals surface area (Å²) in [5.41, 5.74) is 1.33. The molecule has 0 spiro atoms. The molecule has 1 amide bonds. The van der Waals surface area contributed by atoms with Gasteiger partial charge in [0.15, 0.2) is 11.5 Å². The second kappa shape index (κ2) is 9.78. The number of ether oxygens (including phenoxy) is 2. The van der Waals surface area contributed by atoms with Crippen molar-refractivity contribution in [1.82, 2.24) is 0 Å². The summed E-state index contributed by atoms with van der Waals surface area (Å²) in [6.45, 7) is 2.41. The van der Waals surface area contributed by atoms with E-state index in [1.165, 1.54) is 6.08 Å². The molecule has 0 radical (unpaired) electrons. The van der Waals surface area contributed by atoms with Gasteiger partial charge in [-0.25, -0.2) is 0 Å². The Hall–Kier alpha value is -1.80. The molecule has 0 bridgehead atoms. The number of carbonyl (C=O) groups excluding carboxylic acids is 1. The number of nitrogens with one attached hydrogen (secondary N) is 1. The molecule has 0 fully saturated rings. The zero-order valence-electron chi connectivity index (χ0n) is 14.2. The van der Waals surface area contributed by atoms with Gasteiger partial charge in [0.25, 0.3) is 5.91 Å². The van der Waals surface area contributed by atoms with Crippen LogP contribution in [0.5, 0.6) is 11.5 Å². The summed E-state index contributed by atoms with van der Waals surface area (Å²) in [7, 11) is 1.55. The van der Waals surface area contributed by atoms with Gasteiger partial charge in [0.2, 0.25) is 0 Å². The van der Waals surface area contributed by atoms with Crippen LogP contribution in [-0.2, 0) is 4.79 Å². The van der Waals surface area contributed by atoms with Crippen molar-refractivity contribution in [1.29, 1.82) is 5.26 Å². The molecule has 2 aromatic rings. The number of halogens is 2. The predicted octanol–water partition coefficient (Wildman–Crippen LogP) is 4.85. The summed E-state index contributed by atoms with van der Waals surface area (Å²) in [6, 6.07) is 12.9. The Morgan fingerprint density at radius 1 is 1.31 bits per heavy atom. The highest BCUT2D eigenvalue weighted by Gasteiger charge is 2.13. The Kier molecular flexibility index (Phi) is 7.71. The molecule has 2 aromatic carbocycles. The average molecular weight is 574 g/mol. The predicted molar refractivity (Wildman–Crippen MR) is 118 cm³/mol. The van der Waals surface area contributed by atoms with E-state index >= 15 is 0 Å². The molecule has 0 saturated heterocycles. The van der Waals surface area contributed by atoms with E-state index in [-0.39, 0.29) is 5.57 Å². The van der Waals surface area contributed by atoms with Gasteiger partial charge in [0.1, 0.15) is 11.6 Å². The quantitative estimate of drug-likeness (QED) is 0.305. The lowest BCUT2D eigenvalue weighted by molar-refractivity contribution is -0.112. The van der Waals surface area contributed by atoms with Crippen molar-refractivity contribution in [3.05, 3.63) is 54.7 Å². The third-order valence-corrected chi connectivity index (χ3v) is 4.77. The topological polar surface area (TPSA) is 71.3 Å². The summed E-state index contributed by atoms with van der Waals surface area (Å²) < 4.78 is 12.8. The maximum Gasteiger partial charge on any atom is 0.266 e. The first-order valence-electron chi connectivity index (χ1n) is 7.67. The molecular weight excluding hydrogens is 558 g/mol. The fraction of sp³-hybridized carbons (Fsp3) is 0.158. The van der Waals surface area contributed by atoms with E-state index in [0.717, 1.165) is 7.14 Å². The Morgan fingerprint density at radius 3 is 2.69 bits per heavy atom. The van der Waals surface area contributed by atoms with E-state index in [4.69, 9.17) is 9.47 Å². The largest absolute Gasteiger partial charge is 0.493 e. The minimum atomic E-state index is -0.461. The van der Waals surface area contributed by atoms with Crippen molar-refractivity contribution in [2.24, 2.45) is 0 Å². The zero-order valence-corrected chi connectivity index (χ0v) is 18.5. The number of amides is 1. The molecule has 0 unspecified atom stereocenters. The third-order valence-electron chi connectivity index (χ3n) is 3.30.